The maximum atomic E-state index is 12.0. The number of aromatic nitrogens is 2. The normalized spacial score (nSPS) is 10.7. The monoisotopic (exact) mass is 315 g/mol. The Kier molecular flexibility index (Phi) is 7.22. The van der Waals surface area contributed by atoms with Gasteiger partial charge in [-0.2, -0.15) is 5.10 Å². The van der Waals surface area contributed by atoms with Crippen LogP contribution in [0.5, 0.6) is 0 Å². The third kappa shape index (κ3) is 5.75. The summed E-state index contributed by atoms with van der Waals surface area (Å²) in [6, 6.07) is 0. The van der Waals surface area contributed by atoms with Gasteiger partial charge in [0.05, 0.1) is 18.5 Å². The number of hydrogen-bond acceptors (Lipinski definition) is 5. The van der Waals surface area contributed by atoms with E-state index >= 15 is 0 Å². The first-order chi connectivity index (χ1) is 9.95. The summed E-state index contributed by atoms with van der Waals surface area (Å²) in [6.45, 7) is 7.21. The van der Waals surface area contributed by atoms with E-state index in [1.807, 2.05) is 13.8 Å². The number of anilines is 1. The number of carbonyl (C=O) groups excluding carboxylic acids is 1. The molecule has 0 fully saturated rings. The highest BCUT2D eigenvalue weighted by atomic mass is 35.5. The molecule has 1 aromatic rings. The van der Waals surface area contributed by atoms with Gasteiger partial charge in [0.25, 0.3) is 5.56 Å². The van der Waals surface area contributed by atoms with Gasteiger partial charge in [0.1, 0.15) is 5.02 Å². The van der Waals surface area contributed by atoms with E-state index in [-0.39, 0.29) is 16.6 Å². The van der Waals surface area contributed by atoms with E-state index in [0.29, 0.717) is 44.1 Å². The summed E-state index contributed by atoms with van der Waals surface area (Å²) in [5, 5.41) is 7.23. The average molecular weight is 316 g/mol. The van der Waals surface area contributed by atoms with E-state index in [9.17, 15) is 9.59 Å². The van der Waals surface area contributed by atoms with E-state index in [4.69, 9.17) is 16.3 Å². The zero-order chi connectivity index (χ0) is 15.8. The Morgan fingerprint density at radius 1 is 1.52 bits per heavy atom. The number of hydrogen-bond donors (Lipinski definition) is 1. The molecule has 1 aromatic heterocycles. The second-order valence-corrected chi connectivity index (χ2v) is 5.47. The predicted octanol–water partition coefficient (Wildman–Crippen LogP) is 2.31. The fourth-order valence-electron chi connectivity index (χ4n) is 1.75. The Bertz CT molecular complexity index is 529. The minimum Gasteiger partial charge on any atom is -0.466 e. The first-order valence-electron chi connectivity index (χ1n) is 7.10. The van der Waals surface area contributed by atoms with Crippen molar-refractivity contribution in [3.63, 3.8) is 0 Å². The number of rotatable bonds is 8. The summed E-state index contributed by atoms with van der Waals surface area (Å²) < 4.78 is 6.19. The highest BCUT2D eigenvalue weighted by Crippen LogP contribution is 2.15. The molecule has 118 valence electrons. The van der Waals surface area contributed by atoms with Crippen molar-refractivity contribution in [2.24, 2.45) is 5.92 Å². The van der Waals surface area contributed by atoms with Gasteiger partial charge in [-0.25, -0.2) is 4.68 Å². The molecule has 0 aliphatic rings. The zero-order valence-corrected chi connectivity index (χ0v) is 13.4. The van der Waals surface area contributed by atoms with E-state index in [0.717, 1.165) is 0 Å². The lowest BCUT2D eigenvalue weighted by Crippen LogP contribution is -2.26. The van der Waals surface area contributed by atoms with Crippen LogP contribution in [0.15, 0.2) is 11.0 Å². The smallest absolute Gasteiger partial charge is 0.305 e. The van der Waals surface area contributed by atoms with Gasteiger partial charge >= 0.3 is 5.97 Å². The van der Waals surface area contributed by atoms with Crippen molar-refractivity contribution in [3.05, 3.63) is 21.6 Å². The lowest BCUT2D eigenvalue weighted by atomic mass is 10.2. The van der Waals surface area contributed by atoms with E-state index < -0.39 is 0 Å². The van der Waals surface area contributed by atoms with Crippen LogP contribution in [0.2, 0.25) is 5.02 Å². The van der Waals surface area contributed by atoms with Gasteiger partial charge in [-0.05, 0) is 19.3 Å². The number of esters is 1. The van der Waals surface area contributed by atoms with Crippen molar-refractivity contribution >= 4 is 23.3 Å². The van der Waals surface area contributed by atoms with Crippen molar-refractivity contribution in [1.82, 2.24) is 9.78 Å². The van der Waals surface area contributed by atoms with Crippen molar-refractivity contribution in [3.8, 4) is 0 Å². The molecular weight excluding hydrogens is 294 g/mol. The summed E-state index contributed by atoms with van der Waals surface area (Å²) >= 11 is 6.05. The van der Waals surface area contributed by atoms with Gasteiger partial charge < -0.3 is 10.1 Å². The van der Waals surface area contributed by atoms with Crippen molar-refractivity contribution < 1.29 is 9.53 Å². The molecule has 21 heavy (non-hydrogen) atoms. The first-order valence-corrected chi connectivity index (χ1v) is 7.48. The number of ether oxygens (including phenoxy) is 1. The van der Waals surface area contributed by atoms with Crippen LogP contribution in [0.3, 0.4) is 0 Å². The van der Waals surface area contributed by atoms with Crippen LogP contribution < -0.4 is 10.9 Å². The first kappa shape index (κ1) is 17.5. The third-order valence-corrected chi connectivity index (χ3v) is 3.07. The number of nitrogens with one attached hydrogen (secondary N) is 1. The van der Waals surface area contributed by atoms with Gasteiger partial charge in [0, 0.05) is 19.5 Å². The molecule has 6 nitrogen and oxygen atoms in total. The van der Waals surface area contributed by atoms with Gasteiger partial charge in [0.15, 0.2) is 0 Å². The Hall–Kier alpha value is -1.56. The standard InChI is InChI=1S/C14H22ClN3O3/c1-4-21-12(19)6-5-7-16-11-8-17-18(9-10(2)3)14(20)13(11)15/h8,10,16H,4-7,9H2,1-3H3. The molecule has 0 atom stereocenters. The second-order valence-electron chi connectivity index (χ2n) is 5.09. The van der Waals surface area contributed by atoms with Gasteiger partial charge in [0.2, 0.25) is 0 Å². The molecule has 0 saturated carbocycles. The quantitative estimate of drug-likeness (QED) is 0.588. The average Bonchev–Trinajstić information content (AvgIpc) is 2.42. The largest absolute Gasteiger partial charge is 0.466 e. The fraction of sp³-hybridized carbons (Fsp3) is 0.643. The Morgan fingerprint density at radius 3 is 2.86 bits per heavy atom. The highest BCUT2D eigenvalue weighted by Gasteiger charge is 2.10. The third-order valence-electron chi connectivity index (χ3n) is 2.70. The topological polar surface area (TPSA) is 73.2 Å². The molecule has 0 spiro atoms. The minimum atomic E-state index is -0.305. The van der Waals surface area contributed by atoms with E-state index in [1.165, 1.54) is 10.9 Å². The molecule has 0 radical (unpaired) electrons. The van der Waals surface area contributed by atoms with Crippen LogP contribution in [0.4, 0.5) is 5.69 Å². The molecule has 1 N–H and O–H groups in total. The number of nitrogens with zero attached hydrogens (tertiary/aromatic N) is 2. The van der Waals surface area contributed by atoms with Crippen molar-refractivity contribution in [2.45, 2.75) is 40.2 Å². The Morgan fingerprint density at radius 2 is 2.24 bits per heavy atom. The minimum absolute atomic E-state index is 0.127. The highest BCUT2D eigenvalue weighted by molar-refractivity contribution is 6.32. The van der Waals surface area contributed by atoms with Gasteiger partial charge in [-0.15, -0.1) is 0 Å². The molecule has 0 aliphatic heterocycles. The molecule has 7 heteroatoms. The molecule has 0 bridgehead atoms. The number of halogens is 1. The molecule has 0 amide bonds. The van der Waals surface area contributed by atoms with Crippen LogP contribution >= 0.6 is 11.6 Å². The van der Waals surface area contributed by atoms with Crippen molar-refractivity contribution in [2.75, 3.05) is 18.5 Å². The van der Waals surface area contributed by atoms with Crippen LogP contribution in [0.1, 0.15) is 33.6 Å². The number of carbonyl (C=O) groups is 1. The van der Waals surface area contributed by atoms with Crippen LogP contribution in [-0.4, -0.2) is 28.9 Å². The Balaban J connectivity index is 2.55. The summed E-state index contributed by atoms with van der Waals surface area (Å²) in [4.78, 5) is 23.2. The summed E-state index contributed by atoms with van der Waals surface area (Å²) in [7, 11) is 0. The SMILES string of the molecule is CCOC(=O)CCCNc1cnn(CC(C)C)c(=O)c1Cl. The fourth-order valence-corrected chi connectivity index (χ4v) is 1.97. The van der Waals surface area contributed by atoms with Crippen molar-refractivity contribution in [1.29, 1.82) is 0 Å². The van der Waals surface area contributed by atoms with Crippen LogP contribution in [-0.2, 0) is 16.1 Å². The summed E-state index contributed by atoms with van der Waals surface area (Å²) in [6.07, 6.45) is 2.47. The molecule has 1 heterocycles. The van der Waals surface area contributed by atoms with Gasteiger partial charge in [-0.3, -0.25) is 9.59 Å². The maximum Gasteiger partial charge on any atom is 0.305 e. The maximum absolute atomic E-state index is 12.0. The molecule has 0 aliphatic carbocycles. The molecule has 0 saturated heterocycles. The molecule has 0 aromatic carbocycles. The lowest BCUT2D eigenvalue weighted by molar-refractivity contribution is -0.143. The molecule has 1 rings (SSSR count). The summed E-state index contributed by atoms with van der Waals surface area (Å²) in [5.41, 5.74) is 0.186. The second kappa shape index (κ2) is 8.67. The van der Waals surface area contributed by atoms with Crippen LogP contribution in [0.25, 0.3) is 0 Å². The predicted molar refractivity (Wildman–Crippen MR) is 82.7 cm³/mol. The van der Waals surface area contributed by atoms with Crippen LogP contribution in [0, 0.1) is 5.92 Å². The Labute approximate surface area is 129 Å². The van der Waals surface area contributed by atoms with E-state index in [2.05, 4.69) is 10.4 Å². The summed E-state index contributed by atoms with van der Waals surface area (Å²) in [5.74, 6) is 0.0885. The zero-order valence-electron chi connectivity index (χ0n) is 12.7. The van der Waals surface area contributed by atoms with Gasteiger partial charge in [-0.1, -0.05) is 25.4 Å². The molecule has 0 unspecified atom stereocenters. The van der Waals surface area contributed by atoms with E-state index in [1.54, 1.807) is 6.92 Å². The lowest BCUT2D eigenvalue weighted by Gasteiger charge is -2.11. The molecular formula is C14H22ClN3O3.